The summed E-state index contributed by atoms with van der Waals surface area (Å²) in [4.78, 5) is 33.1. The molecule has 248 valence electrons. The molecule has 2 N–H and O–H groups in total. The van der Waals surface area contributed by atoms with Gasteiger partial charge in [-0.2, -0.15) is 13.2 Å². The van der Waals surface area contributed by atoms with E-state index in [0.717, 1.165) is 25.2 Å². The van der Waals surface area contributed by atoms with Crippen LogP contribution in [0.5, 0.6) is 5.75 Å². The first-order valence-electron chi connectivity index (χ1n) is 14.8. The largest absolute Gasteiger partial charge is 0.573 e. The molecular weight excluding hydrogens is 628 g/mol. The average Bonchev–Trinajstić information content (AvgIpc) is 3.84. The maximum absolute atomic E-state index is 14.0. The van der Waals surface area contributed by atoms with E-state index in [4.69, 9.17) is 0 Å². The van der Waals surface area contributed by atoms with E-state index in [2.05, 4.69) is 37.1 Å². The van der Waals surface area contributed by atoms with Gasteiger partial charge in [0.05, 0.1) is 5.56 Å². The van der Waals surface area contributed by atoms with Crippen LogP contribution >= 0.6 is 0 Å². The predicted molar refractivity (Wildman–Crippen MR) is 162 cm³/mol. The molecule has 2 heterocycles. The number of amides is 2. The van der Waals surface area contributed by atoms with Gasteiger partial charge in [0, 0.05) is 73.3 Å². The van der Waals surface area contributed by atoms with Gasteiger partial charge in [0.2, 0.25) is 5.91 Å². The van der Waals surface area contributed by atoms with Gasteiger partial charge in [0.25, 0.3) is 5.91 Å². The van der Waals surface area contributed by atoms with Crippen LogP contribution in [-0.4, -0.2) is 66.2 Å². The topological polar surface area (TPSA) is 86.8 Å². The van der Waals surface area contributed by atoms with E-state index in [1.54, 1.807) is 13.0 Å². The molecule has 2 aliphatic rings. The van der Waals surface area contributed by atoms with Gasteiger partial charge in [-0.3, -0.25) is 14.5 Å². The summed E-state index contributed by atoms with van der Waals surface area (Å²) in [6, 6.07) is 9.21. The Labute approximate surface area is 267 Å². The number of halogens is 6. The summed E-state index contributed by atoms with van der Waals surface area (Å²) < 4.78 is 85.2. The van der Waals surface area contributed by atoms with Gasteiger partial charge in [-0.1, -0.05) is 24.0 Å². The Morgan fingerprint density at radius 3 is 2.34 bits per heavy atom. The van der Waals surface area contributed by atoms with Gasteiger partial charge >= 0.3 is 12.5 Å². The smallest absolute Gasteiger partial charge is 0.402 e. The molecule has 0 atom stereocenters. The first kappa shape index (κ1) is 33.7. The van der Waals surface area contributed by atoms with Gasteiger partial charge in [0.15, 0.2) is 11.6 Å². The summed E-state index contributed by atoms with van der Waals surface area (Å²) in [7, 11) is 1.96. The summed E-state index contributed by atoms with van der Waals surface area (Å²) >= 11 is 0. The van der Waals surface area contributed by atoms with Crippen molar-refractivity contribution < 1.29 is 40.7 Å². The second-order valence-electron chi connectivity index (χ2n) is 11.6. The van der Waals surface area contributed by atoms with Crippen molar-refractivity contribution >= 4 is 23.3 Å². The Morgan fingerprint density at radius 1 is 0.957 bits per heavy atom. The van der Waals surface area contributed by atoms with Gasteiger partial charge in [-0.25, -0.2) is 4.98 Å². The Hall–Kier alpha value is -4.61. The monoisotopic (exact) mass is 659 g/mol. The van der Waals surface area contributed by atoms with Crippen LogP contribution in [0.2, 0.25) is 0 Å². The summed E-state index contributed by atoms with van der Waals surface area (Å²) in [6.07, 6.45) is -7.22. The highest BCUT2D eigenvalue weighted by molar-refractivity contribution is 6.04. The molecule has 1 aromatic heterocycles. The lowest BCUT2D eigenvalue weighted by molar-refractivity contribution is -0.274. The van der Waals surface area contributed by atoms with E-state index in [0.29, 0.717) is 37.1 Å². The lowest BCUT2D eigenvalue weighted by Gasteiger charge is -2.33. The number of benzene rings is 2. The molecule has 2 aromatic carbocycles. The molecule has 5 rings (SSSR count). The first-order chi connectivity index (χ1) is 22.1. The van der Waals surface area contributed by atoms with Crippen molar-refractivity contribution in [2.24, 2.45) is 5.92 Å². The van der Waals surface area contributed by atoms with Crippen molar-refractivity contribution in [3.63, 3.8) is 0 Å². The van der Waals surface area contributed by atoms with Crippen LogP contribution in [0.3, 0.4) is 0 Å². The summed E-state index contributed by atoms with van der Waals surface area (Å²) in [6.45, 7) is 4.65. The number of nitrogens with one attached hydrogen (secondary N) is 2. The van der Waals surface area contributed by atoms with Gasteiger partial charge in [-0.05, 0) is 62.2 Å². The summed E-state index contributed by atoms with van der Waals surface area (Å²) in [5, 5.41) is 4.86. The molecule has 0 spiro atoms. The highest BCUT2D eigenvalue weighted by atomic mass is 19.4. The van der Waals surface area contributed by atoms with Gasteiger partial charge in [0.1, 0.15) is 0 Å². The highest BCUT2D eigenvalue weighted by Gasteiger charge is 2.36. The number of alkyl halides is 6. The summed E-state index contributed by atoms with van der Waals surface area (Å²) in [5.41, 5.74) is 0.381. The number of ether oxygens (including phenoxy) is 1. The van der Waals surface area contributed by atoms with Crippen molar-refractivity contribution in [2.45, 2.75) is 38.8 Å². The molecule has 2 fully saturated rings. The number of likely N-dealkylation sites (N-methyl/N-ethyl adjacent to an activating group) is 1. The molecule has 47 heavy (non-hydrogen) atoms. The van der Waals surface area contributed by atoms with Gasteiger partial charge < -0.3 is 20.3 Å². The molecule has 14 heteroatoms. The molecule has 1 aliphatic heterocycles. The maximum Gasteiger partial charge on any atom is 0.573 e. The minimum atomic E-state index is -5.04. The van der Waals surface area contributed by atoms with E-state index in [9.17, 15) is 35.9 Å². The Bertz CT molecular complexity index is 1720. The molecule has 1 aliphatic carbocycles. The molecule has 1 saturated carbocycles. The number of nitrogens with zero attached hydrogens (tertiary/aromatic N) is 3. The number of aromatic nitrogens is 1. The zero-order valence-corrected chi connectivity index (χ0v) is 25.5. The number of carbonyl (C=O) groups excluding carboxylic acids is 2. The van der Waals surface area contributed by atoms with Crippen LogP contribution in [0.4, 0.5) is 37.8 Å². The van der Waals surface area contributed by atoms with Crippen LogP contribution in [0, 0.1) is 24.7 Å². The van der Waals surface area contributed by atoms with Crippen molar-refractivity contribution in [2.75, 3.05) is 43.9 Å². The lowest BCUT2D eigenvalue weighted by atomic mass is 10.0. The zero-order chi connectivity index (χ0) is 33.9. The van der Waals surface area contributed by atoms with E-state index in [1.807, 2.05) is 11.9 Å². The number of hydrogen-bond donors (Lipinski definition) is 2. The SMILES string of the molecule is Cc1ccc(C(=O)Nc2ccc(CN3CCN(C)CC3)c(C(F)(F)F)c2)cc1C#Cc1cnc(NC(=O)C2CC2)c(OC(F)(F)F)c1. The van der Waals surface area contributed by atoms with E-state index in [-0.39, 0.29) is 40.7 Å². The Morgan fingerprint density at radius 2 is 1.68 bits per heavy atom. The number of hydrogen-bond acceptors (Lipinski definition) is 6. The molecule has 0 unspecified atom stereocenters. The van der Waals surface area contributed by atoms with Crippen LogP contribution in [0.15, 0.2) is 48.7 Å². The Balaban J connectivity index is 1.33. The number of piperazine rings is 1. The molecule has 0 bridgehead atoms. The Kier molecular flexibility index (Phi) is 9.78. The van der Waals surface area contributed by atoms with Crippen LogP contribution < -0.4 is 15.4 Å². The fourth-order valence-corrected chi connectivity index (χ4v) is 4.92. The number of carbonyl (C=O) groups is 2. The van der Waals surface area contributed by atoms with Crippen molar-refractivity contribution in [3.8, 4) is 17.6 Å². The van der Waals surface area contributed by atoms with Gasteiger partial charge in [-0.15, -0.1) is 13.2 Å². The predicted octanol–water partition coefficient (Wildman–Crippen LogP) is 6.06. The van der Waals surface area contributed by atoms with Crippen LogP contribution in [0.1, 0.15) is 51.0 Å². The minimum Gasteiger partial charge on any atom is -0.402 e. The van der Waals surface area contributed by atoms with E-state index in [1.165, 1.54) is 30.5 Å². The maximum atomic E-state index is 14.0. The third-order valence-electron chi connectivity index (χ3n) is 7.77. The normalized spacial score (nSPS) is 15.8. The van der Waals surface area contributed by atoms with Crippen LogP contribution in [-0.2, 0) is 17.5 Å². The molecule has 2 amide bonds. The molecular formula is C33H31F6N5O3. The minimum absolute atomic E-state index is 0.0326. The second kappa shape index (κ2) is 13.6. The van der Waals surface area contributed by atoms with E-state index < -0.39 is 35.7 Å². The van der Waals surface area contributed by atoms with Crippen molar-refractivity contribution in [3.05, 3.63) is 82.0 Å². The lowest BCUT2D eigenvalue weighted by Crippen LogP contribution is -2.44. The van der Waals surface area contributed by atoms with Crippen LogP contribution in [0.25, 0.3) is 0 Å². The summed E-state index contributed by atoms with van der Waals surface area (Å²) in [5.74, 6) is 2.96. The number of aryl methyl sites for hydroxylation is 1. The number of anilines is 2. The highest BCUT2D eigenvalue weighted by Crippen LogP contribution is 2.35. The zero-order valence-electron chi connectivity index (χ0n) is 25.5. The van der Waals surface area contributed by atoms with E-state index >= 15 is 0 Å². The first-order valence-corrected chi connectivity index (χ1v) is 14.8. The molecule has 3 aromatic rings. The second-order valence-corrected chi connectivity index (χ2v) is 11.6. The third-order valence-corrected chi connectivity index (χ3v) is 7.77. The third kappa shape index (κ3) is 9.24. The van der Waals surface area contributed by atoms with Crippen molar-refractivity contribution in [1.82, 2.24) is 14.8 Å². The molecule has 0 radical (unpaired) electrons. The average molecular weight is 660 g/mol. The van der Waals surface area contributed by atoms with Crippen molar-refractivity contribution in [1.29, 1.82) is 0 Å². The molecule has 8 nitrogen and oxygen atoms in total. The number of rotatable bonds is 7. The quantitative estimate of drug-likeness (QED) is 0.237. The molecule has 1 saturated heterocycles. The standard InChI is InChI=1S/C33H31F6N5O3/c1-20-3-5-24(31(46)41-26-10-9-25(27(17-26)32(34,35)36)19-44-13-11-43(2)12-14-44)16-23(20)6-4-21-15-28(47-33(37,38)39)29(40-18-21)42-30(45)22-7-8-22/h3,5,9-10,15-18,22H,7-8,11-14,19H2,1-2H3,(H,41,46)(H,40,42,45). The fraction of sp³-hybridized carbons (Fsp3) is 0.364. The fourth-order valence-electron chi connectivity index (χ4n) is 4.92. The number of pyridine rings is 1.